The van der Waals surface area contributed by atoms with Crippen LogP contribution in [-0.4, -0.2) is 25.7 Å². The summed E-state index contributed by atoms with van der Waals surface area (Å²) in [5.74, 6) is 0.496. The van der Waals surface area contributed by atoms with Crippen molar-refractivity contribution in [3.63, 3.8) is 0 Å². The maximum atomic E-state index is 11.0. The summed E-state index contributed by atoms with van der Waals surface area (Å²) in [6.07, 6.45) is 0. The molecule has 17 heavy (non-hydrogen) atoms. The topological polar surface area (TPSA) is 87.6 Å². The number of nitro groups is 1. The molecule has 0 saturated heterocycles. The van der Waals surface area contributed by atoms with Crippen molar-refractivity contribution in [2.24, 2.45) is 5.73 Å². The van der Waals surface area contributed by atoms with Gasteiger partial charge in [0.1, 0.15) is 0 Å². The quantitative estimate of drug-likeness (QED) is 0.624. The summed E-state index contributed by atoms with van der Waals surface area (Å²) in [4.78, 5) is 10.5. The normalized spacial score (nSPS) is 12.0. The molecule has 0 aliphatic carbocycles. The van der Waals surface area contributed by atoms with Crippen molar-refractivity contribution in [1.82, 2.24) is 0 Å². The van der Waals surface area contributed by atoms with Gasteiger partial charge in [-0.05, 0) is 24.1 Å². The Hall–Kier alpha value is -1.82. The number of nitrogens with zero attached hydrogens (tertiary/aromatic N) is 1. The Morgan fingerprint density at radius 3 is 2.47 bits per heavy atom. The summed E-state index contributed by atoms with van der Waals surface area (Å²) < 4.78 is 10.1. The third-order valence-corrected chi connectivity index (χ3v) is 2.60. The molecule has 0 bridgehead atoms. The zero-order chi connectivity index (χ0) is 13.0. The van der Waals surface area contributed by atoms with Crippen molar-refractivity contribution in [2.75, 3.05) is 20.8 Å². The summed E-state index contributed by atoms with van der Waals surface area (Å²) in [6.45, 7) is 2.30. The number of rotatable bonds is 5. The van der Waals surface area contributed by atoms with E-state index in [1.54, 1.807) is 6.07 Å². The van der Waals surface area contributed by atoms with Crippen LogP contribution in [0.25, 0.3) is 0 Å². The summed E-state index contributed by atoms with van der Waals surface area (Å²) in [6, 6.07) is 3.18. The van der Waals surface area contributed by atoms with E-state index in [-0.39, 0.29) is 17.4 Å². The maximum Gasteiger partial charge on any atom is 0.315 e. The van der Waals surface area contributed by atoms with E-state index in [0.717, 1.165) is 5.56 Å². The van der Waals surface area contributed by atoms with E-state index in [4.69, 9.17) is 15.2 Å². The summed E-state index contributed by atoms with van der Waals surface area (Å²) in [7, 11) is 2.81. The standard InChI is InChI=1S/C11H16N2O4/c1-7(6-12)8-4-9(13(14)15)11(17-3)10(5-8)16-2/h4-5,7H,6,12H2,1-3H3. The van der Waals surface area contributed by atoms with E-state index >= 15 is 0 Å². The van der Waals surface area contributed by atoms with Crippen LogP contribution in [0.4, 0.5) is 5.69 Å². The zero-order valence-electron chi connectivity index (χ0n) is 10.1. The smallest absolute Gasteiger partial charge is 0.315 e. The molecule has 1 aromatic rings. The SMILES string of the molecule is COc1cc(C(C)CN)cc([N+](=O)[O-])c1OC. The van der Waals surface area contributed by atoms with Crippen LogP contribution in [0.2, 0.25) is 0 Å². The third-order valence-electron chi connectivity index (χ3n) is 2.60. The summed E-state index contributed by atoms with van der Waals surface area (Å²) >= 11 is 0. The van der Waals surface area contributed by atoms with Crippen molar-refractivity contribution in [2.45, 2.75) is 12.8 Å². The number of ether oxygens (including phenoxy) is 2. The lowest BCUT2D eigenvalue weighted by molar-refractivity contribution is -0.385. The Bertz CT molecular complexity index is 420. The van der Waals surface area contributed by atoms with Gasteiger partial charge in [-0.25, -0.2) is 0 Å². The van der Waals surface area contributed by atoms with E-state index in [1.807, 2.05) is 6.92 Å². The minimum Gasteiger partial charge on any atom is -0.493 e. The highest BCUT2D eigenvalue weighted by Crippen LogP contribution is 2.39. The molecule has 0 fully saturated rings. The molecule has 0 aliphatic rings. The monoisotopic (exact) mass is 240 g/mol. The van der Waals surface area contributed by atoms with Gasteiger partial charge in [-0.3, -0.25) is 10.1 Å². The molecule has 6 nitrogen and oxygen atoms in total. The molecular weight excluding hydrogens is 224 g/mol. The summed E-state index contributed by atoms with van der Waals surface area (Å²) in [5, 5.41) is 11.0. The Morgan fingerprint density at radius 2 is 2.06 bits per heavy atom. The van der Waals surface area contributed by atoms with Gasteiger partial charge in [-0.2, -0.15) is 0 Å². The van der Waals surface area contributed by atoms with E-state index < -0.39 is 4.92 Å². The molecule has 0 heterocycles. The van der Waals surface area contributed by atoms with Gasteiger partial charge < -0.3 is 15.2 Å². The van der Waals surface area contributed by atoms with Crippen molar-refractivity contribution in [1.29, 1.82) is 0 Å². The maximum absolute atomic E-state index is 11.0. The van der Waals surface area contributed by atoms with Crippen LogP contribution < -0.4 is 15.2 Å². The molecule has 0 spiro atoms. The molecule has 1 unspecified atom stereocenters. The lowest BCUT2D eigenvalue weighted by Gasteiger charge is -2.13. The van der Waals surface area contributed by atoms with Gasteiger partial charge in [0.05, 0.1) is 19.1 Å². The second-order valence-electron chi connectivity index (χ2n) is 3.67. The Morgan fingerprint density at radius 1 is 1.41 bits per heavy atom. The van der Waals surface area contributed by atoms with Crippen LogP contribution >= 0.6 is 0 Å². The van der Waals surface area contributed by atoms with Gasteiger partial charge in [0.15, 0.2) is 5.75 Å². The molecule has 94 valence electrons. The minimum atomic E-state index is -0.492. The Labute approximate surface area is 99.5 Å². The van der Waals surface area contributed by atoms with Crippen LogP contribution in [0.1, 0.15) is 18.4 Å². The number of benzene rings is 1. The highest BCUT2D eigenvalue weighted by atomic mass is 16.6. The van der Waals surface area contributed by atoms with E-state index in [0.29, 0.717) is 12.3 Å². The summed E-state index contributed by atoms with van der Waals surface area (Å²) in [5.41, 5.74) is 6.20. The third kappa shape index (κ3) is 2.65. The number of hydrogen-bond donors (Lipinski definition) is 1. The second kappa shape index (κ2) is 5.49. The van der Waals surface area contributed by atoms with Crippen LogP contribution in [0.3, 0.4) is 0 Å². The first-order valence-corrected chi connectivity index (χ1v) is 5.15. The predicted octanol–water partition coefficient (Wildman–Crippen LogP) is 1.67. The van der Waals surface area contributed by atoms with Crippen LogP contribution in [-0.2, 0) is 0 Å². The van der Waals surface area contributed by atoms with Gasteiger partial charge in [0, 0.05) is 6.07 Å². The van der Waals surface area contributed by atoms with Crippen LogP contribution in [0, 0.1) is 10.1 Å². The number of nitrogens with two attached hydrogens (primary N) is 1. The fourth-order valence-corrected chi connectivity index (χ4v) is 1.52. The molecule has 0 amide bonds. The molecule has 0 aliphatic heterocycles. The van der Waals surface area contributed by atoms with Gasteiger partial charge >= 0.3 is 5.69 Å². The molecule has 0 saturated carbocycles. The fourth-order valence-electron chi connectivity index (χ4n) is 1.52. The lowest BCUT2D eigenvalue weighted by Crippen LogP contribution is -2.10. The van der Waals surface area contributed by atoms with Gasteiger partial charge in [0.2, 0.25) is 5.75 Å². The number of methoxy groups -OCH3 is 2. The molecule has 0 radical (unpaired) electrons. The van der Waals surface area contributed by atoms with E-state index in [9.17, 15) is 10.1 Å². The highest BCUT2D eigenvalue weighted by Gasteiger charge is 2.22. The Kier molecular flexibility index (Phi) is 4.28. The molecule has 1 atom stereocenters. The van der Waals surface area contributed by atoms with Gasteiger partial charge in [-0.15, -0.1) is 0 Å². The molecule has 1 rings (SSSR count). The van der Waals surface area contributed by atoms with Crippen LogP contribution in [0.15, 0.2) is 12.1 Å². The first kappa shape index (κ1) is 13.2. The molecule has 6 heteroatoms. The molecule has 2 N–H and O–H groups in total. The van der Waals surface area contributed by atoms with E-state index in [2.05, 4.69) is 0 Å². The second-order valence-corrected chi connectivity index (χ2v) is 3.67. The van der Waals surface area contributed by atoms with Crippen molar-refractivity contribution >= 4 is 5.69 Å². The largest absolute Gasteiger partial charge is 0.493 e. The number of hydrogen-bond acceptors (Lipinski definition) is 5. The van der Waals surface area contributed by atoms with Crippen molar-refractivity contribution in [3.05, 3.63) is 27.8 Å². The van der Waals surface area contributed by atoms with E-state index in [1.165, 1.54) is 20.3 Å². The van der Waals surface area contributed by atoms with Crippen LogP contribution in [0.5, 0.6) is 11.5 Å². The Balaban J connectivity index is 3.39. The molecule has 1 aromatic carbocycles. The average Bonchev–Trinajstić information content (AvgIpc) is 2.35. The fraction of sp³-hybridized carbons (Fsp3) is 0.455. The first-order valence-electron chi connectivity index (χ1n) is 5.15. The molecule has 0 aromatic heterocycles. The highest BCUT2D eigenvalue weighted by molar-refractivity contribution is 5.58. The first-order chi connectivity index (χ1) is 8.04. The minimum absolute atomic E-state index is 0.0218. The van der Waals surface area contributed by atoms with Crippen molar-refractivity contribution < 1.29 is 14.4 Å². The van der Waals surface area contributed by atoms with Gasteiger partial charge in [-0.1, -0.05) is 6.92 Å². The zero-order valence-corrected chi connectivity index (χ0v) is 10.1. The van der Waals surface area contributed by atoms with Crippen molar-refractivity contribution in [3.8, 4) is 11.5 Å². The predicted molar refractivity (Wildman–Crippen MR) is 63.7 cm³/mol. The lowest BCUT2D eigenvalue weighted by atomic mass is 10.00. The average molecular weight is 240 g/mol. The van der Waals surface area contributed by atoms with Gasteiger partial charge in [0.25, 0.3) is 0 Å². The molecular formula is C11H16N2O4. The number of nitro benzene ring substituents is 1.